The molecule has 25 heavy (non-hydrogen) atoms. The van der Waals surface area contributed by atoms with E-state index < -0.39 is 0 Å². The van der Waals surface area contributed by atoms with Crippen LogP contribution in [0.2, 0.25) is 0 Å². The van der Waals surface area contributed by atoms with Crippen LogP contribution in [0.5, 0.6) is 0 Å². The number of nitrogens with zero attached hydrogens (tertiary/aromatic N) is 2. The highest BCUT2D eigenvalue weighted by Crippen LogP contribution is 2.24. The van der Waals surface area contributed by atoms with Gasteiger partial charge in [-0.1, -0.05) is 51.1 Å². The van der Waals surface area contributed by atoms with Crippen molar-refractivity contribution in [2.45, 2.75) is 32.7 Å². The van der Waals surface area contributed by atoms with Gasteiger partial charge in [-0.25, -0.2) is 4.68 Å². The largest absolute Gasteiger partial charge is 0.383 e. The Morgan fingerprint density at radius 3 is 2.60 bits per heavy atom. The molecule has 1 aromatic carbocycles. The predicted octanol–water partition coefficient (Wildman–Crippen LogP) is 2.40. The number of nitrogens with one attached hydrogen (secondary N) is 2. The number of methoxy groups -OCH3 is 1. The van der Waals surface area contributed by atoms with Crippen LogP contribution in [-0.4, -0.2) is 42.5 Å². The number of hydrogen-bond acceptors (Lipinski definition) is 4. The summed E-state index contributed by atoms with van der Waals surface area (Å²) in [5.41, 5.74) is 2.00. The standard InChI is InChI=1S/C19H28N4O2/c1-19(2,3)16-12-17(21-18(24)13-20-10-11-25-4)23(22-16)14-15-8-6-5-7-9-15/h5-9,12,20H,10-11,13-14H2,1-4H3,(H,21,24). The molecule has 6 nitrogen and oxygen atoms in total. The summed E-state index contributed by atoms with van der Waals surface area (Å²) in [5.74, 6) is 0.623. The number of anilines is 1. The fourth-order valence-corrected chi connectivity index (χ4v) is 2.32. The van der Waals surface area contributed by atoms with Gasteiger partial charge in [0.05, 0.1) is 25.4 Å². The van der Waals surface area contributed by atoms with Gasteiger partial charge < -0.3 is 15.4 Å². The van der Waals surface area contributed by atoms with Crippen molar-refractivity contribution >= 4 is 11.7 Å². The van der Waals surface area contributed by atoms with E-state index in [9.17, 15) is 4.79 Å². The van der Waals surface area contributed by atoms with E-state index >= 15 is 0 Å². The second kappa shape index (κ2) is 8.78. The zero-order valence-electron chi connectivity index (χ0n) is 15.5. The molecule has 0 saturated carbocycles. The average molecular weight is 344 g/mol. The van der Waals surface area contributed by atoms with Crippen molar-refractivity contribution in [1.29, 1.82) is 0 Å². The molecular weight excluding hydrogens is 316 g/mol. The molecular formula is C19H28N4O2. The number of hydrogen-bond donors (Lipinski definition) is 2. The van der Waals surface area contributed by atoms with Crippen LogP contribution in [0.3, 0.4) is 0 Å². The second-order valence-corrected chi connectivity index (χ2v) is 7.03. The summed E-state index contributed by atoms with van der Waals surface area (Å²) in [6.07, 6.45) is 0. The quantitative estimate of drug-likeness (QED) is 0.722. The summed E-state index contributed by atoms with van der Waals surface area (Å²) < 4.78 is 6.81. The molecule has 2 aromatic rings. The van der Waals surface area contributed by atoms with Gasteiger partial charge in [0, 0.05) is 25.1 Å². The number of ether oxygens (including phenoxy) is 1. The predicted molar refractivity (Wildman–Crippen MR) is 99.8 cm³/mol. The third-order valence-electron chi connectivity index (χ3n) is 3.76. The van der Waals surface area contributed by atoms with Gasteiger partial charge in [-0.05, 0) is 5.56 Å². The molecule has 0 radical (unpaired) electrons. The van der Waals surface area contributed by atoms with Crippen molar-refractivity contribution in [3.05, 3.63) is 47.7 Å². The van der Waals surface area contributed by atoms with Crippen molar-refractivity contribution in [2.24, 2.45) is 0 Å². The Balaban J connectivity index is 2.11. The van der Waals surface area contributed by atoms with Gasteiger partial charge in [-0.15, -0.1) is 0 Å². The highest BCUT2D eigenvalue weighted by molar-refractivity contribution is 5.91. The summed E-state index contributed by atoms with van der Waals surface area (Å²) in [7, 11) is 1.64. The molecule has 0 spiro atoms. The van der Waals surface area contributed by atoms with Crippen LogP contribution in [0.25, 0.3) is 0 Å². The molecule has 6 heteroatoms. The Kier molecular flexibility index (Phi) is 6.73. The second-order valence-electron chi connectivity index (χ2n) is 7.03. The molecule has 0 saturated heterocycles. The average Bonchev–Trinajstić information content (AvgIpc) is 2.95. The van der Waals surface area contributed by atoms with Crippen molar-refractivity contribution in [1.82, 2.24) is 15.1 Å². The van der Waals surface area contributed by atoms with Gasteiger partial charge in [-0.2, -0.15) is 5.10 Å². The number of carbonyl (C=O) groups excluding carboxylic acids is 1. The number of benzene rings is 1. The lowest BCUT2D eigenvalue weighted by atomic mass is 9.92. The number of rotatable bonds is 8. The molecule has 1 aromatic heterocycles. The third-order valence-corrected chi connectivity index (χ3v) is 3.76. The fourth-order valence-electron chi connectivity index (χ4n) is 2.32. The first-order valence-electron chi connectivity index (χ1n) is 8.52. The molecule has 1 amide bonds. The molecule has 136 valence electrons. The summed E-state index contributed by atoms with van der Waals surface area (Å²) in [4.78, 5) is 12.2. The van der Waals surface area contributed by atoms with Crippen LogP contribution >= 0.6 is 0 Å². The number of carbonyl (C=O) groups is 1. The van der Waals surface area contributed by atoms with Crippen LogP contribution in [0, 0.1) is 0 Å². The minimum atomic E-state index is -0.0919. The van der Waals surface area contributed by atoms with Crippen molar-refractivity contribution in [3.63, 3.8) is 0 Å². The lowest BCUT2D eigenvalue weighted by Gasteiger charge is -2.14. The van der Waals surface area contributed by atoms with E-state index in [4.69, 9.17) is 9.84 Å². The van der Waals surface area contributed by atoms with Gasteiger partial charge in [0.1, 0.15) is 5.82 Å². The number of aromatic nitrogens is 2. The third kappa shape index (κ3) is 5.99. The minimum absolute atomic E-state index is 0.0852. The zero-order valence-corrected chi connectivity index (χ0v) is 15.5. The maximum absolute atomic E-state index is 12.2. The Hall–Kier alpha value is -2.18. The first-order chi connectivity index (χ1) is 11.9. The molecule has 2 rings (SSSR count). The topological polar surface area (TPSA) is 68.2 Å². The molecule has 1 heterocycles. The zero-order chi connectivity index (χ0) is 18.3. The molecule has 0 aliphatic carbocycles. The van der Waals surface area contributed by atoms with Crippen LogP contribution in [0.4, 0.5) is 5.82 Å². The van der Waals surface area contributed by atoms with E-state index in [0.717, 1.165) is 11.3 Å². The summed E-state index contributed by atoms with van der Waals surface area (Å²) >= 11 is 0. The van der Waals surface area contributed by atoms with Crippen molar-refractivity contribution < 1.29 is 9.53 Å². The molecule has 2 N–H and O–H groups in total. The molecule has 0 aliphatic rings. The minimum Gasteiger partial charge on any atom is -0.383 e. The maximum atomic E-state index is 12.2. The van der Waals surface area contributed by atoms with E-state index in [1.54, 1.807) is 7.11 Å². The van der Waals surface area contributed by atoms with E-state index in [1.165, 1.54) is 0 Å². The smallest absolute Gasteiger partial charge is 0.239 e. The molecule has 0 atom stereocenters. The van der Waals surface area contributed by atoms with Crippen LogP contribution in [-0.2, 0) is 21.5 Å². The first kappa shape index (κ1) is 19.1. The molecule has 0 aliphatic heterocycles. The van der Waals surface area contributed by atoms with Crippen molar-refractivity contribution in [3.8, 4) is 0 Å². The van der Waals surface area contributed by atoms with E-state index in [2.05, 4.69) is 43.5 Å². The Bertz CT molecular complexity index is 674. The first-order valence-corrected chi connectivity index (χ1v) is 8.52. The van der Waals surface area contributed by atoms with Crippen LogP contribution in [0.1, 0.15) is 32.0 Å². The highest BCUT2D eigenvalue weighted by atomic mass is 16.5. The normalized spacial score (nSPS) is 11.5. The lowest BCUT2D eigenvalue weighted by molar-refractivity contribution is -0.115. The highest BCUT2D eigenvalue weighted by Gasteiger charge is 2.20. The van der Waals surface area contributed by atoms with E-state index in [0.29, 0.717) is 25.5 Å². The maximum Gasteiger partial charge on any atom is 0.239 e. The molecule has 0 unspecified atom stereocenters. The Morgan fingerprint density at radius 2 is 1.96 bits per heavy atom. The SMILES string of the molecule is COCCNCC(=O)Nc1cc(C(C)(C)C)nn1Cc1ccccc1. The van der Waals surface area contributed by atoms with E-state index in [1.807, 2.05) is 28.9 Å². The molecule has 0 fully saturated rings. The van der Waals surface area contributed by atoms with Gasteiger partial charge in [0.15, 0.2) is 0 Å². The summed E-state index contributed by atoms with van der Waals surface area (Å²) in [6, 6.07) is 12.0. The Morgan fingerprint density at radius 1 is 1.24 bits per heavy atom. The summed E-state index contributed by atoms with van der Waals surface area (Å²) in [5, 5.41) is 10.7. The van der Waals surface area contributed by atoms with Gasteiger partial charge in [0.25, 0.3) is 0 Å². The van der Waals surface area contributed by atoms with E-state index in [-0.39, 0.29) is 17.9 Å². The molecule has 0 bridgehead atoms. The van der Waals surface area contributed by atoms with Crippen LogP contribution in [0.15, 0.2) is 36.4 Å². The summed E-state index contributed by atoms with van der Waals surface area (Å²) in [6.45, 7) is 8.41. The van der Waals surface area contributed by atoms with Gasteiger partial charge in [0.2, 0.25) is 5.91 Å². The monoisotopic (exact) mass is 344 g/mol. The van der Waals surface area contributed by atoms with Gasteiger partial charge >= 0.3 is 0 Å². The Labute approximate surface area is 149 Å². The number of amides is 1. The van der Waals surface area contributed by atoms with Gasteiger partial charge in [-0.3, -0.25) is 4.79 Å². The van der Waals surface area contributed by atoms with Crippen molar-refractivity contribution in [2.75, 3.05) is 32.1 Å². The van der Waals surface area contributed by atoms with Crippen LogP contribution < -0.4 is 10.6 Å². The lowest BCUT2D eigenvalue weighted by Crippen LogP contribution is -2.31. The fraction of sp³-hybridized carbons (Fsp3) is 0.474.